The van der Waals surface area contributed by atoms with E-state index in [9.17, 15) is 4.39 Å². The largest absolute Gasteiger partial charge is 0.497 e. The van der Waals surface area contributed by atoms with Crippen molar-refractivity contribution in [2.45, 2.75) is 18.9 Å². The van der Waals surface area contributed by atoms with Crippen LogP contribution in [0.15, 0.2) is 42.5 Å². The number of rotatable bonds is 3. The lowest BCUT2D eigenvalue weighted by atomic mass is 9.91. The lowest BCUT2D eigenvalue weighted by molar-refractivity contribution is 0.405. The minimum absolute atomic E-state index is 0.260. The Bertz CT molecular complexity index is 601. The number of methoxy groups -OCH3 is 1. The normalized spacial score (nSPS) is 15.9. The molecule has 20 heavy (non-hydrogen) atoms. The zero-order chi connectivity index (χ0) is 14.1. The molecule has 0 spiro atoms. The molecule has 3 heteroatoms. The minimum atomic E-state index is -0.284. The zero-order valence-electron chi connectivity index (χ0n) is 11.5. The Morgan fingerprint density at radius 3 is 2.35 bits per heavy atom. The molecule has 2 nitrogen and oxygen atoms in total. The Labute approximate surface area is 118 Å². The molecule has 1 unspecified atom stereocenters. The van der Waals surface area contributed by atoms with E-state index in [1.54, 1.807) is 12.1 Å². The van der Waals surface area contributed by atoms with Crippen molar-refractivity contribution in [3.63, 3.8) is 0 Å². The molecule has 0 aromatic heterocycles. The van der Waals surface area contributed by atoms with Crippen LogP contribution in [0.4, 0.5) is 4.39 Å². The van der Waals surface area contributed by atoms with Gasteiger partial charge in [-0.15, -0.1) is 0 Å². The van der Waals surface area contributed by atoms with Crippen LogP contribution in [0.2, 0.25) is 0 Å². The highest BCUT2D eigenvalue weighted by atomic mass is 19.1. The van der Waals surface area contributed by atoms with Gasteiger partial charge in [-0.1, -0.05) is 30.3 Å². The molecule has 0 saturated carbocycles. The van der Waals surface area contributed by atoms with Gasteiger partial charge < -0.3 is 10.5 Å². The second-order valence-electron chi connectivity index (χ2n) is 5.35. The van der Waals surface area contributed by atoms with Crippen molar-refractivity contribution in [1.29, 1.82) is 0 Å². The van der Waals surface area contributed by atoms with E-state index in [0.717, 1.165) is 12.8 Å². The lowest BCUT2D eigenvalue weighted by Gasteiger charge is -2.20. The van der Waals surface area contributed by atoms with Crippen molar-refractivity contribution in [3.8, 4) is 5.75 Å². The lowest BCUT2D eigenvalue weighted by Crippen LogP contribution is -2.23. The van der Waals surface area contributed by atoms with E-state index in [-0.39, 0.29) is 17.8 Å². The Morgan fingerprint density at radius 1 is 1.15 bits per heavy atom. The summed E-state index contributed by atoms with van der Waals surface area (Å²) in [5, 5.41) is 0. The number of ether oxygens (including phenoxy) is 1. The van der Waals surface area contributed by atoms with Gasteiger partial charge in [0.2, 0.25) is 0 Å². The van der Waals surface area contributed by atoms with E-state index >= 15 is 0 Å². The SMILES string of the molecule is COc1ccc(C(N)C2Cc3ccccc3C2)c(F)c1. The molecule has 3 rings (SSSR count). The first-order chi connectivity index (χ1) is 9.69. The summed E-state index contributed by atoms with van der Waals surface area (Å²) in [7, 11) is 1.53. The second kappa shape index (κ2) is 5.25. The van der Waals surface area contributed by atoms with Crippen molar-refractivity contribution < 1.29 is 9.13 Å². The van der Waals surface area contributed by atoms with E-state index in [2.05, 4.69) is 12.1 Å². The third-order valence-corrected chi connectivity index (χ3v) is 4.16. The highest BCUT2D eigenvalue weighted by molar-refractivity contribution is 5.36. The van der Waals surface area contributed by atoms with Crippen LogP contribution in [0.3, 0.4) is 0 Å². The van der Waals surface area contributed by atoms with Crippen LogP contribution in [-0.2, 0) is 12.8 Å². The zero-order valence-corrected chi connectivity index (χ0v) is 11.5. The van der Waals surface area contributed by atoms with Crippen LogP contribution in [0.1, 0.15) is 22.7 Å². The van der Waals surface area contributed by atoms with Crippen molar-refractivity contribution >= 4 is 0 Å². The highest BCUT2D eigenvalue weighted by Gasteiger charge is 2.28. The molecule has 2 aromatic rings. The molecule has 1 atom stereocenters. The van der Waals surface area contributed by atoms with Crippen molar-refractivity contribution in [3.05, 3.63) is 65.0 Å². The molecular formula is C17H18FNO. The summed E-state index contributed by atoms with van der Waals surface area (Å²) in [5.41, 5.74) is 9.53. The summed E-state index contributed by atoms with van der Waals surface area (Å²) in [6.07, 6.45) is 1.84. The molecule has 0 aliphatic heterocycles. The Hall–Kier alpha value is -1.87. The van der Waals surface area contributed by atoms with Gasteiger partial charge in [0.25, 0.3) is 0 Å². The standard InChI is InChI=1S/C17H18FNO/c1-20-14-6-7-15(16(18)10-14)17(19)13-8-11-4-2-3-5-12(11)9-13/h2-7,10,13,17H,8-9,19H2,1H3. The maximum Gasteiger partial charge on any atom is 0.131 e. The maximum atomic E-state index is 14.1. The number of halogens is 1. The van der Waals surface area contributed by atoms with Gasteiger partial charge in [0.05, 0.1) is 7.11 Å². The van der Waals surface area contributed by atoms with Crippen LogP contribution >= 0.6 is 0 Å². The van der Waals surface area contributed by atoms with Gasteiger partial charge in [0.1, 0.15) is 11.6 Å². The van der Waals surface area contributed by atoms with Crippen molar-refractivity contribution in [2.75, 3.05) is 7.11 Å². The predicted molar refractivity (Wildman–Crippen MR) is 77.2 cm³/mol. The summed E-state index contributed by atoms with van der Waals surface area (Å²) in [5.74, 6) is 0.497. The number of benzene rings is 2. The first-order valence-corrected chi connectivity index (χ1v) is 6.85. The van der Waals surface area contributed by atoms with E-state index in [1.165, 1.54) is 24.3 Å². The summed E-state index contributed by atoms with van der Waals surface area (Å²) in [6, 6.07) is 13.0. The molecule has 1 aliphatic carbocycles. The van der Waals surface area contributed by atoms with Gasteiger partial charge in [-0.25, -0.2) is 4.39 Å². The van der Waals surface area contributed by atoms with Crippen LogP contribution in [0.5, 0.6) is 5.75 Å². The molecule has 1 aliphatic rings. The molecule has 104 valence electrons. The number of hydrogen-bond donors (Lipinski definition) is 1. The van der Waals surface area contributed by atoms with Crippen LogP contribution < -0.4 is 10.5 Å². The van der Waals surface area contributed by atoms with Gasteiger partial charge in [0.15, 0.2) is 0 Å². The molecule has 2 N–H and O–H groups in total. The van der Waals surface area contributed by atoms with Crippen molar-refractivity contribution in [2.24, 2.45) is 11.7 Å². The van der Waals surface area contributed by atoms with Crippen LogP contribution in [0, 0.1) is 11.7 Å². The summed E-state index contributed by atoms with van der Waals surface area (Å²) in [6.45, 7) is 0. The summed E-state index contributed by atoms with van der Waals surface area (Å²) >= 11 is 0. The molecule has 0 amide bonds. The topological polar surface area (TPSA) is 35.2 Å². The molecule has 0 heterocycles. The fourth-order valence-electron chi connectivity index (χ4n) is 3.01. The van der Waals surface area contributed by atoms with E-state index in [4.69, 9.17) is 10.5 Å². The molecule has 0 radical (unpaired) electrons. The highest BCUT2D eigenvalue weighted by Crippen LogP contribution is 2.35. The number of hydrogen-bond acceptors (Lipinski definition) is 2. The third-order valence-electron chi connectivity index (χ3n) is 4.16. The van der Waals surface area contributed by atoms with Gasteiger partial charge in [-0.05, 0) is 36.0 Å². The quantitative estimate of drug-likeness (QED) is 0.930. The molecule has 0 bridgehead atoms. The minimum Gasteiger partial charge on any atom is -0.497 e. The summed E-state index contributed by atoms with van der Waals surface area (Å²) < 4.78 is 19.1. The van der Waals surface area contributed by atoms with E-state index in [0.29, 0.717) is 11.3 Å². The third kappa shape index (κ3) is 2.29. The predicted octanol–water partition coefficient (Wildman–Crippen LogP) is 3.25. The second-order valence-corrected chi connectivity index (χ2v) is 5.35. The fourth-order valence-corrected chi connectivity index (χ4v) is 3.01. The molecule has 0 saturated heterocycles. The van der Waals surface area contributed by atoms with Crippen LogP contribution in [0.25, 0.3) is 0 Å². The average Bonchev–Trinajstić information content (AvgIpc) is 2.90. The Kier molecular flexibility index (Phi) is 3.45. The fraction of sp³-hybridized carbons (Fsp3) is 0.294. The van der Waals surface area contributed by atoms with Gasteiger partial charge >= 0.3 is 0 Å². The number of nitrogens with two attached hydrogens (primary N) is 1. The van der Waals surface area contributed by atoms with E-state index in [1.807, 2.05) is 12.1 Å². The molecule has 0 fully saturated rings. The van der Waals surface area contributed by atoms with E-state index < -0.39 is 0 Å². The van der Waals surface area contributed by atoms with Gasteiger partial charge in [-0.3, -0.25) is 0 Å². The smallest absolute Gasteiger partial charge is 0.131 e. The Morgan fingerprint density at radius 2 is 1.80 bits per heavy atom. The first kappa shape index (κ1) is 13.1. The molecular weight excluding hydrogens is 253 g/mol. The van der Waals surface area contributed by atoms with Crippen molar-refractivity contribution in [1.82, 2.24) is 0 Å². The van der Waals surface area contributed by atoms with Crippen LogP contribution in [-0.4, -0.2) is 7.11 Å². The maximum absolute atomic E-state index is 14.1. The Balaban J connectivity index is 1.82. The molecule has 2 aromatic carbocycles. The summed E-state index contributed by atoms with van der Waals surface area (Å²) in [4.78, 5) is 0. The van der Waals surface area contributed by atoms with Gasteiger partial charge in [0, 0.05) is 17.7 Å². The average molecular weight is 271 g/mol. The monoisotopic (exact) mass is 271 g/mol. The number of fused-ring (bicyclic) bond motifs is 1. The van der Waals surface area contributed by atoms with Gasteiger partial charge in [-0.2, -0.15) is 0 Å². The first-order valence-electron chi connectivity index (χ1n) is 6.85.